The third-order valence-electron chi connectivity index (χ3n) is 0.946. The van der Waals surface area contributed by atoms with Gasteiger partial charge >= 0.3 is 0 Å². The first kappa shape index (κ1) is 4.84. The van der Waals surface area contributed by atoms with E-state index in [1.165, 1.54) is 0 Å². The molecule has 1 rings (SSSR count). The minimum absolute atomic E-state index is 0.521. The van der Waals surface area contributed by atoms with E-state index in [4.69, 9.17) is 12.2 Å². The Bertz CT molecular complexity index is 91.7. The Morgan fingerprint density at radius 2 is 2.57 bits per heavy atom. The summed E-state index contributed by atoms with van der Waals surface area (Å²) in [6, 6.07) is 0.521. The zero-order chi connectivity index (χ0) is 5.28. The predicted molar refractivity (Wildman–Crippen MR) is 33.2 cm³/mol. The van der Waals surface area contributed by atoms with Gasteiger partial charge in [-0.2, -0.15) is 0 Å². The summed E-state index contributed by atoms with van der Waals surface area (Å²) in [5, 5.41) is 6.81. The van der Waals surface area contributed by atoms with Gasteiger partial charge in [-0.25, -0.2) is 0 Å². The minimum Gasteiger partial charge on any atom is -0.361 e. The second-order valence-corrected chi connectivity index (χ2v) is 2.16. The molecule has 40 valence electrons. The quantitative estimate of drug-likeness (QED) is 0.430. The van der Waals surface area contributed by atoms with Crippen LogP contribution in [0.4, 0.5) is 0 Å². The SMILES string of the molecule is C[C@H]1CNC(=S)N1. The summed E-state index contributed by atoms with van der Waals surface area (Å²) in [4.78, 5) is 0. The van der Waals surface area contributed by atoms with E-state index < -0.39 is 0 Å². The van der Waals surface area contributed by atoms with E-state index in [2.05, 4.69) is 17.6 Å². The van der Waals surface area contributed by atoms with Gasteiger partial charge in [-0.1, -0.05) is 0 Å². The van der Waals surface area contributed by atoms with Gasteiger partial charge in [0.1, 0.15) is 0 Å². The Labute approximate surface area is 48.3 Å². The zero-order valence-corrected chi connectivity index (χ0v) is 5.01. The van der Waals surface area contributed by atoms with Crippen molar-refractivity contribution in [3.05, 3.63) is 0 Å². The van der Waals surface area contributed by atoms with E-state index in [0.29, 0.717) is 6.04 Å². The molecule has 2 nitrogen and oxygen atoms in total. The van der Waals surface area contributed by atoms with Crippen LogP contribution in [0.2, 0.25) is 0 Å². The van der Waals surface area contributed by atoms with Gasteiger partial charge in [0.25, 0.3) is 0 Å². The first-order valence-electron chi connectivity index (χ1n) is 2.33. The van der Waals surface area contributed by atoms with Crippen molar-refractivity contribution in [2.45, 2.75) is 13.0 Å². The van der Waals surface area contributed by atoms with Crippen LogP contribution < -0.4 is 10.6 Å². The molecule has 0 saturated carbocycles. The molecule has 7 heavy (non-hydrogen) atoms. The fourth-order valence-electron chi connectivity index (χ4n) is 0.572. The molecule has 1 saturated heterocycles. The maximum absolute atomic E-state index is 4.77. The van der Waals surface area contributed by atoms with E-state index in [0.717, 1.165) is 11.7 Å². The van der Waals surface area contributed by atoms with E-state index in [9.17, 15) is 0 Å². The van der Waals surface area contributed by atoms with Crippen LogP contribution in [0.15, 0.2) is 0 Å². The highest BCUT2D eigenvalue weighted by atomic mass is 32.1. The maximum atomic E-state index is 4.77. The van der Waals surface area contributed by atoms with Crippen LogP contribution in [0, 0.1) is 0 Å². The van der Waals surface area contributed by atoms with Crippen molar-refractivity contribution in [3.8, 4) is 0 Å². The zero-order valence-electron chi connectivity index (χ0n) is 4.19. The maximum Gasteiger partial charge on any atom is 0.166 e. The average molecular weight is 116 g/mol. The lowest BCUT2D eigenvalue weighted by molar-refractivity contribution is 0.723. The molecule has 0 unspecified atom stereocenters. The molecule has 0 bridgehead atoms. The van der Waals surface area contributed by atoms with Gasteiger partial charge in [0.05, 0.1) is 0 Å². The van der Waals surface area contributed by atoms with Crippen molar-refractivity contribution in [3.63, 3.8) is 0 Å². The number of rotatable bonds is 0. The molecule has 1 aliphatic rings. The Morgan fingerprint density at radius 1 is 1.86 bits per heavy atom. The normalized spacial score (nSPS) is 29.3. The summed E-state index contributed by atoms with van der Waals surface area (Å²) >= 11 is 4.77. The fraction of sp³-hybridized carbons (Fsp3) is 0.750. The monoisotopic (exact) mass is 116 g/mol. The standard InChI is InChI=1S/C4H8N2S/c1-3-2-5-4(7)6-3/h3H,2H2,1H3,(H2,5,6,7)/t3-/m0/s1. The van der Waals surface area contributed by atoms with Crippen LogP contribution in [0.5, 0.6) is 0 Å². The summed E-state index contributed by atoms with van der Waals surface area (Å²) in [6.45, 7) is 3.06. The summed E-state index contributed by atoms with van der Waals surface area (Å²) in [6.07, 6.45) is 0. The molecule has 1 aliphatic heterocycles. The summed E-state index contributed by atoms with van der Waals surface area (Å²) in [5.41, 5.74) is 0. The highest BCUT2D eigenvalue weighted by Gasteiger charge is 2.09. The van der Waals surface area contributed by atoms with Crippen molar-refractivity contribution < 1.29 is 0 Å². The van der Waals surface area contributed by atoms with Gasteiger partial charge in [-0.3, -0.25) is 0 Å². The molecule has 0 aromatic heterocycles. The van der Waals surface area contributed by atoms with Crippen molar-refractivity contribution in [2.75, 3.05) is 6.54 Å². The molecule has 0 spiro atoms. The smallest absolute Gasteiger partial charge is 0.166 e. The Morgan fingerprint density at radius 3 is 2.71 bits per heavy atom. The van der Waals surface area contributed by atoms with Gasteiger partial charge in [0.2, 0.25) is 0 Å². The van der Waals surface area contributed by atoms with E-state index in [1.54, 1.807) is 0 Å². The first-order valence-corrected chi connectivity index (χ1v) is 2.74. The Kier molecular flexibility index (Phi) is 1.15. The van der Waals surface area contributed by atoms with E-state index in [-0.39, 0.29) is 0 Å². The third-order valence-corrected chi connectivity index (χ3v) is 1.21. The fourth-order valence-corrected chi connectivity index (χ4v) is 0.856. The number of hydrogen-bond acceptors (Lipinski definition) is 1. The van der Waals surface area contributed by atoms with Gasteiger partial charge in [-0.05, 0) is 19.1 Å². The second-order valence-electron chi connectivity index (χ2n) is 1.76. The summed E-state index contributed by atoms with van der Waals surface area (Å²) in [5.74, 6) is 0. The van der Waals surface area contributed by atoms with E-state index >= 15 is 0 Å². The summed E-state index contributed by atoms with van der Waals surface area (Å²) in [7, 11) is 0. The lowest BCUT2D eigenvalue weighted by atomic mass is 10.4. The van der Waals surface area contributed by atoms with Gasteiger partial charge in [0.15, 0.2) is 5.11 Å². The molecule has 0 radical (unpaired) electrons. The molecule has 3 heteroatoms. The third kappa shape index (κ3) is 1.03. The van der Waals surface area contributed by atoms with Crippen molar-refractivity contribution in [1.29, 1.82) is 0 Å². The summed E-state index contributed by atoms with van der Waals surface area (Å²) < 4.78 is 0. The van der Waals surface area contributed by atoms with Gasteiger partial charge in [0, 0.05) is 12.6 Å². The predicted octanol–water partition coefficient (Wildman–Crippen LogP) is -0.147. The number of thiocarbonyl (C=S) groups is 1. The molecule has 1 heterocycles. The molecule has 0 aromatic carbocycles. The van der Waals surface area contributed by atoms with Crippen LogP contribution in [0.25, 0.3) is 0 Å². The number of nitrogens with one attached hydrogen (secondary N) is 2. The van der Waals surface area contributed by atoms with Crippen LogP contribution in [0.3, 0.4) is 0 Å². The van der Waals surface area contributed by atoms with Gasteiger partial charge in [-0.15, -0.1) is 0 Å². The van der Waals surface area contributed by atoms with E-state index in [1.807, 2.05) is 0 Å². The highest BCUT2D eigenvalue weighted by molar-refractivity contribution is 7.80. The number of hydrogen-bond donors (Lipinski definition) is 2. The van der Waals surface area contributed by atoms with Crippen molar-refractivity contribution >= 4 is 17.3 Å². The average Bonchev–Trinajstić information content (AvgIpc) is 1.87. The molecule has 1 atom stereocenters. The lowest BCUT2D eigenvalue weighted by Gasteiger charge is -1.94. The van der Waals surface area contributed by atoms with Gasteiger partial charge < -0.3 is 10.6 Å². The van der Waals surface area contributed by atoms with Crippen LogP contribution in [-0.4, -0.2) is 17.7 Å². The topological polar surface area (TPSA) is 24.1 Å². The molecule has 0 amide bonds. The lowest BCUT2D eigenvalue weighted by Crippen LogP contribution is -2.23. The Balaban J connectivity index is 2.40. The largest absolute Gasteiger partial charge is 0.361 e. The van der Waals surface area contributed by atoms with Crippen LogP contribution in [-0.2, 0) is 0 Å². The molecule has 2 N–H and O–H groups in total. The second kappa shape index (κ2) is 1.66. The molecule has 1 fully saturated rings. The molecular formula is C4H8N2S. The molecular weight excluding hydrogens is 108 g/mol. The highest BCUT2D eigenvalue weighted by Crippen LogP contribution is 1.85. The van der Waals surface area contributed by atoms with Crippen LogP contribution >= 0.6 is 12.2 Å². The minimum atomic E-state index is 0.521. The first-order chi connectivity index (χ1) is 3.29. The Hall–Kier alpha value is -0.310. The van der Waals surface area contributed by atoms with Crippen molar-refractivity contribution in [2.24, 2.45) is 0 Å². The van der Waals surface area contributed by atoms with Crippen molar-refractivity contribution in [1.82, 2.24) is 10.6 Å². The van der Waals surface area contributed by atoms with Crippen LogP contribution in [0.1, 0.15) is 6.92 Å². The molecule has 0 aromatic rings. The molecule has 0 aliphatic carbocycles.